The van der Waals surface area contributed by atoms with Crippen molar-refractivity contribution in [2.75, 3.05) is 27.2 Å². The smallest absolute Gasteiger partial charge is 0.241 e. The van der Waals surface area contributed by atoms with Gasteiger partial charge in [0.05, 0.1) is 12.2 Å². The van der Waals surface area contributed by atoms with Crippen LogP contribution in [0.3, 0.4) is 0 Å². The maximum Gasteiger partial charge on any atom is 0.241 e. The molecule has 1 N–H and O–H groups in total. The van der Waals surface area contributed by atoms with Gasteiger partial charge in [0.25, 0.3) is 0 Å². The van der Waals surface area contributed by atoms with E-state index in [9.17, 15) is 4.79 Å². The third-order valence-electron chi connectivity index (χ3n) is 3.49. The summed E-state index contributed by atoms with van der Waals surface area (Å²) < 4.78 is 0. The summed E-state index contributed by atoms with van der Waals surface area (Å²) in [6.45, 7) is 6.24. The van der Waals surface area contributed by atoms with Crippen LogP contribution in [-0.4, -0.2) is 55.1 Å². The van der Waals surface area contributed by atoms with Crippen molar-refractivity contribution < 1.29 is 4.79 Å². The second-order valence-corrected chi connectivity index (χ2v) is 5.50. The van der Waals surface area contributed by atoms with Crippen molar-refractivity contribution in [1.29, 1.82) is 0 Å². The van der Waals surface area contributed by atoms with E-state index in [0.29, 0.717) is 5.91 Å². The van der Waals surface area contributed by atoms with Crippen LogP contribution in [0.15, 0.2) is 0 Å². The van der Waals surface area contributed by atoms with Crippen LogP contribution in [-0.2, 0) is 4.79 Å². The highest BCUT2D eigenvalue weighted by Crippen LogP contribution is 2.18. The Kier molecular flexibility index (Phi) is 6.65. The van der Waals surface area contributed by atoms with E-state index >= 15 is 0 Å². The van der Waals surface area contributed by atoms with E-state index in [4.69, 9.17) is 0 Å². The van der Waals surface area contributed by atoms with Gasteiger partial charge in [-0.3, -0.25) is 10.1 Å². The van der Waals surface area contributed by atoms with E-state index < -0.39 is 0 Å². The molecular weight excluding hydrogens is 226 g/mol. The lowest BCUT2D eigenvalue weighted by Gasteiger charge is -2.24. The zero-order valence-corrected chi connectivity index (χ0v) is 12.4. The van der Waals surface area contributed by atoms with E-state index in [1.54, 1.807) is 0 Å². The number of carbonyl (C=O) groups is 1. The predicted molar refractivity (Wildman–Crippen MR) is 75.4 cm³/mol. The number of amides is 1. The largest absolute Gasteiger partial charge is 0.326 e. The van der Waals surface area contributed by atoms with Crippen molar-refractivity contribution in [3.05, 3.63) is 0 Å². The highest BCUT2D eigenvalue weighted by atomic mass is 16.2. The summed E-state index contributed by atoms with van der Waals surface area (Å²) in [5, 5.41) is 3.49. The molecule has 0 aromatic carbocycles. The Balaban J connectivity index is 2.51. The number of hydrogen-bond donors (Lipinski definition) is 1. The van der Waals surface area contributed by atoms with Crippen molar-refractivity contribution in [2.24, 2.45) is 0 Å². The fourth-order valence-corrected chi connectivity index (χ4v) is 2.58. The van der Waals surface area contributed by atoms with Crippen LogP contribution in [0.25, 0.3) is 0 Å². The van der Waals surface area contributed by atoms with Crippen LogP contribution in [0.2, 0.25) is 0 Å². The zero-order valence-electron chi connectivity index (χ0n) is 12.4. The van der Waals surface area contributed by atoms with Crippen LogP contribution in [0.4, 0.5) is 0 Å². The molecule has 0 aliphatic carbocycles. The third-order valence-corrected chi connectivity index (χ3v) is 3.49. The zero-order chi connectivity index (χ0) is 13.5. The van der Waals surface area contributed by atoms with Crippen molar-refractivity contribution in [3.63, 3.8) is 0 Å². The molecule has 4 nitrogen and oxygen atoms in total. The van der Waals surface area contributed by atoms with Gasteiger partial charge in [-0.05, 0) is 39.9 Å². The Bertz CT molecular complexity index is 255. The fourth-order valence-electron chi connectivity index (χ4n) is 2.58. The molecule has 2 atom stereocenters. The lowest BCUT2D eigenvalue weighted by Crippen LogP contribution is -2.38. The van der Waals surface area contributed by atoms with Crippen molar-refractivity contribution >= 4 is 5.91 Å². The monoisotopic (exact) mass is 255 g/mol. The molecule has 1 rings (SSSR count). The summed E-state index contributed by atoms with van der Waals surface area (Å²) in [7, 11) is 4.15. The molecule has 1 aliphatic heterocycles. The maximum absolute atomic E-state index is 12.3. The minimum absolute atomic E-state index is 0.0610. The molecule has 106 valence electrons. The molecule has 4 heteroatoms. The summed E-state index contributed by atoms with van der Waals surface area (Å²) in [6.07, 6.45) is 5.53. The quantitative estimate of drug-likeness (QED) is 0.716. The summed E-state index contributed by atoms with van der Waals surface area (Å²) in [4.78, 5) is 16.5. The highest BCUT2D eigenvalue weighted by molar-refractivity contribution is 5.84. The van der Waals surface area contributed by atoms with Crippen LogP contribution in [0.1, 0.15) is 46.0 Å². The lowest BCUT2D eigenvalue weighted by molar-refractivity contribution is -0.130. The summed E-state index contributed by atoms with van der Waals surface area (Å²) >= 11 is 0. The first-order valence-electron chi connectivity index (χ1n) is 7.31. The normalized spacial score (nSPS) is 24.3. The Labute approximate surface area is 112 Å². The summed E-state index contributed by atoms with van der Waals surface area (Å²) in [6, 6.07) is 0.0610. The van der Waals surface area contributed by atoms with Gasteiger partial charge in [-0.2, -0.15) is 0 Å². The predicted octanol–water partition coefficient (Wildman–Crippen LogP) is 1.66. The van der Waals surface area contributed by atoms with Gasteiger partial charge in [0.15, 0.2) is 0 Å². The van der Waals surface area contributed by atoms with Crippen molar-refractivity contribution in [2.45, 2.75) is 58.2 Å². The molecule has 0 saturated carbocycles. The van der Waals surface area contributed by atoms with Gasteiger partial charge in [0.2, 0.25) is 5.91 Å². The number of nitrogens with one attached hydrogen (secondary N) is 1. The summed E-state index contributed by atoms with van der Waals surface area (Å²) in [5.74, 6) is 0.314. The first-order valence-corrected chi connectivity index (χ1v) is 7.31. The first-order chi connectivity index (χ1) is 8.60. The molecule has 1 aliphatic rings. The molecule has 0 aromatic rings. The molecule has 0 radical (unpaired) electrons. The Hall–Kier alpha value is -0.610. The van der Waals surface area contributed by atoms with E-state index in [-0.39, 0.29) is 12.2 Å². The second-order valence-electron chi connectivity index (χ2n) is 5.50. The van der Waals surface area contributed by atoms with Crippen LogP contribution < -0.4 is 5.32 Å². The average Bonchev–Trinajstić information content (AvgIpc) is 2.58. The van der Waals surface area contributed by atoms with Crippen molar-refractivity contribution in [1.82, 2.24) is 15.1 Å². The fraction of sp³-hybridized carbons (Fsp3) is 0.929. The van der Waals surface area contributed by atoms with Gasteiger partial charge >= 0.3 is 0 Å². The van der Waals surface area contributed by atoms with Crippen LogP contribution in [0, 0.1) is 0 Å². The van der Waals surface area contributed by atoms with Gasteiger partial charge < -0.3 is 9.80 Å². The topological polar surface area (TPSA) is 35.6 Å². The SMILES string of the molecule is CCCC1NC(CCC)N(CCCN(C)C)C1=O. The van der Waals surface area contributed by atoms with Crippen LogP contribution in [0.5, 0.6) is 0 Å². The molecule has 1 amide bonds. The summed E-state index contributed by atoms with van der Waals surface area (Å²) in [5.41, 5.74) is 0. The van der Waals surface area contributed by atoms with Crippen molar-refractivity contribution in [3.8, 4) is 0 Å². The number of rotatable bonds is 8. The van der Waals surface area contributed by atoms with Gasteiger partial charge in [-0.25, -0.2) is 0 Å². The third kappa shape index (κ3) is 4.25. The van der Waals surface area contributed by atoms with E-state index in [1.807, 2.05) is 0 Å². The Morgan fingerprint density at radius 2 is 1.89 bits per heavy atom. The van der Waals surface area contributed by atoms with Gasteiger partial charge in [0.1, 0.15) is 0 Å². The molecule has 1 heterocycles. The molecule has 0 bridgehead atoms. The molecular formula is C14H29N3O. The van der Waals surface area contributed by atoms with E-state index in [2.05, 4.69) is 43.1 Å². The minimum atomic E-state index is 0.0610. The Morgan fingerprint density at radius 1 is 1.22 bits per heavy atom. The minimum Gasteiger partial charge on any atom is -0.326 e. The lowest BCUT2D eigenvalue weighted by atomic mass is 10.1. The number of hydrogen-bond acceptors (Lipinski definition) is 3. The number of nitrogens with zero attached hydrogens (tertiary/aromatic N) is 2. The second kappa shape index (κ2) is 7.74. The molecule has 2 unspecified atom stereocenters. The molecule has 1 saturated heterocycles. The Morgan fingerprint density at radius 3 is 2.44 bits per heavy atom. The van der Waals surface area contributed by atoms with E-state index in [1.165, 1.54) is 0 Å². The van der Waals surface area contributed by atoms with Gasteiger partial charge in [0, 0.05) is 6.54 Å². The maximum atomic E-state index is 12.3. The van der Waals surface area contributed by atoms with Crippen LogP contribution >= 0.6 is 0 Å². The van der Waals surface area contributed by atoms with Gasteiger partial charge in [-0.1, -0.05) is 26.7 Å². The highest BCUT2D eigenvalue weighted by Gasteiger charge is 2.36. The average molecular weight is 255 g/mol. The standard InChI is InChI=1S/C14H29N3O/c1-5-8-12-14(18)17(11-7-10-16(3)4)13(15-12)9-6-2/h12-13,15H,5-11H2,1-4H3. The van der Waals surface area contributed by atoms with E-state index in [0.717, 1.165) is 45.2 Å². The molecule has 0 spiro atoms. The molecule has 1 fully saturated rings. The number of carbonyl (C=O) groups excluding carboxylic acids is 1. The van der Waals surface area contributed by atoms with Gasteiger partial charge in [-0.15, -0.1) is 0 Å². The first kappa shape index (κ1) is 15.4. The molecule has 0 aromatic heterocycles. The molecule has 18 heavy (non-hydrogen) atoms.